The molecule has 0 aliphatic heterocycles. The van der Waals surface area contributed by atoms with E-state index in [2.05, 4.69) is 52.3 Å². The van der Waals surface area contributed by atoms with E-state index in [1.807, 2.05) is 0 Å². The highest BCUT2D eigenvalue weighted by atomic mass is 79.9. The second kappa shape index (κ2) is 3.06. The van der Waals surface area contributed by atoms with Crippen LogP contribution in [0.1, 0.15) is 18.4 Å². The Bertz CT molecular complexity index is 529. The Balaban J connectivity index is 2.23. The van der Waals surface area contributed by atoms with Crippen LogP contribution >= 0.6 is 15.9 Å². The third-order valence-electron chi connectivity index (χ3n) is 3.19. The highest BCUT2D eigenvalue weighted by molar-refractivity contribution is 9.10. The van der Waals surface area contributed by atoms with Gasteiger partial charge in [0, 0.05) is 10.0 Å². The molecule has 2 heteroatoms. The SMILES string of the molecule is NC1(c2ccc3c(Br)cccc3c2)CC1. The molecule has 1 aliphatic carbocycles. The van der Waals surface area contributed by atoms with Gasteiger partial charge in [-0.1, -0.05) is 40.2 Å². The first-order valence-corrected chi connectivity index (χ1v) is 5.96. The average Bonchev–Trinajstić information content (AvgIpc) is 2.98. The van der Waals surface area contributed by atoms with E-state index in [0.29, 0.717) is 0 Å². The van der Waals surface area contributed by atoms with Gasteiger partial charge in [-0.2, -0.15) is 0 Å². The summed E-state index contributed by atoms with van der Waals surface area (Å²) in [6, 6.07) is 12.8. The molecule has 15 heavy (non-hydrogen) atoms. The van der Waals surface area contributed by atoms with Gasteiger partial charge in [0.1, 0.15) is 0 Å². The number of rotatable bonds is 1. The molecule has 0 amide bonds. The quantitative estimate of drug-likeness (QED) is 0.835. The topological polar surface area (TPSA) is 26.0 Å². The monoisotopic (exact) mass is 261 g/mol. The van der Waals surface area contributed by atoms with Gasteiger partial charge in [-0.3, -0.25) is 0 Å². The zero-order chi connectivity index (χ0) is 10.5. The molecule has 76 valence electrons. The summed E-state index contributed by atoms with van der Waals surface area (Å²) in [4.78, 5) is 0. The minimum absolute atomic E-state index is 0.0312. The van der Waals surface area contributed by atoms with E-state index >= 15 is 0 Å². The van der Waals surface area contributed by atoms with Gasteiger partial charge in [-0.05, 0) is 41.3 Å². The maximum atomic E-state index is 6.19. The van der Waals surface area contributed by atoms with Gasteiger partial charge < -0.3 is 5.73 Å². The number of benzene rings is 2. The Morgan fingerprint density at radius 2 is 1.93 bits per heavy atom. The average molecular weight is 262 g/mol. The normalized spacial score (nSPS) is 18.0. The van der Waals surface area contributed by atoms with Crippen LogP contribution in [0, 0.1) is 0 Å². The first kappa shape index (κ1) is 9.37. The number of fused-ring (bicyclic) bond motifs is 1. The summed E-state index contributed by atoms with van der Waals surface area (Å²) in [5.74, 6) is 0. The van der Waals surface area contributed by atoms with Crippen LogP contribution < -0.4 is 5.73 Å². The van der Waals surface area contributed by atoms with Crippen molar-refractivity contribution in [2.24, 2.45) is 5.73 Å². The van der Waals surface area contributed by atoms with Crippen LogP contribution in [0.25, 0.3) is 10.8 Å². The van der Waals surface area contributed by atoms with Crippen molar-refractivity contribution in [2.75, 3.05) is 0 Å². The predicted molar refractivity (Wildman–Crippen MR) is 66.7 cm³/mol. The molecule has 2 aromatic rings. The Hall–Kier alpha value is -0.860. The molecule has 0 radical (unpaired) electrons. The second-order valence-corrected chi connectivity index (χ2v) is 5.19. The smallest absolute Gasteiger partial charge is 0.0411 e. The Kier molecular flexibility index (Phi) is 1.91. The van der Waals surface area contributed by atoms with Crippen molar-refractivity contribution >= 4 is 26.7 Å². The predicted octanol–water partition coefficient (Wildman–Crippen LogP) is 3.55. The third-order valence-corrected chi connectivity index (χ3v) is 3.88. The Morgan fingerprint density at radius 1 is 1.13 bits per heavy atom. The zero-order valence-electron chi connectivity index (χ0n) is 8.33. The fourth-order valence-electron chi connectivity index (χ4n) is 1.98. The van der Waals surface area contributed by atoms with Crippen molar-refractivity contribution in [3.63, 3.8) is 0 Å². The minimum atomic E-state index is -0.0312. The number of hydrogen-bond acceptors (Lipinski definition) is 1. The van der Waals surface area contributed by atoms with Crippen molar-refractivity contribution in [1.82, 2.24) is 0 Å². The van der Waals surface area contributed by atoms with Gasteiger partial charge >= 0.3 is 0 Å². The van der Waals surface area contributed by atoms with E-state index in [9.17, 15) is 0 Å². The summed E-state index contributed by atoms with van der Waals surface area (Å²) in [6.07, 6.45) is 2.24. The molecule has 0 bridgehead atoms. The first-order valence-electron chi connectivity index (χ1n) is 5.17. The van der Waals surface area contributed by atoms with Crippen molar-refractivity contribution in [3.05, 3.63) is 46.4 Å². The van der Waals surface area contributed by atoms with E-state index in [1.54, 1.807) is 0 Å². The van der Waals surface area contributed by atoms with Gasteiger partial charge in [-0.25, -0.2) is 0 Å². The molecule has 1 nitrogen and oxygen atoms in total. The van der Waals surface area contributed by atoms with Crippen LogP contribution in [0.15, 0.2) is 40.9 Å². The zero-order valence-corrected chi connectivity index (χ0v) is 9.92. The van der Waals surface area contributed by atoms with Crippen LogP contribution in [0.2, 0.25) is 0 Å². The maximum Gasteiger partial charge on any atom is 0.0411 e. The van der Waals surface area contributed by atoms with E-state index in [-0.39, 0.29) is 5.54 Å². The van der Waals surface area contributed by atoms with Crippen LogP contribution in [-0.2, 0) is 5.54 Å². The van der Waals surface area contributed by atoms with Gasteiger partial charge in [0.25, 0.3) is 0 Å². The molecule has 1 saturated carbocycles. The summed E-state index contributed by atoms with van der Waals surface area (Å²) in [5, 5.41) is 2.52. The van der Waals surface area contributed by atoms with E-state index < -0.39 is 0 Å². The third kappa shape index (κ3) is 1.48. The molecule has 2 aromatic carbocycles. The molecule has 0 unspecified atom stereocenters. The lowest BCUT2D eigenvalue weighted by Gasteiger charge is -2.10. The van der Waals surface area contributed by atoms with Crippen LogP contribution in [0.4, 0.5) is 0 Å². The summed E-state index contributed by atoms with van der Waals surface area (Å²) in [5.41, 5.74) is 7.43. The summed E-state index contributed by atoms with van der Waals surface area (Å²) in [6.45, 7) is 0. The fourth-order valence-corrected chi connectivity index (χ4v) is 2.49. The fraction of sp³-hybridized carbons (Fsp3) is 0.231. The molecule has 0 saturated heterocycles. The van der Waals surface area contributed by atoms with Crippen molar-refractivity contribution in [3.8, 4) is 0 Å². The maximum absolute atomic E-state index is 6.19. The molecular weight excluding hydrogens is 250 g/mol. The number of hydrogen-bond donors (Lipinski definition) is 1. The van der Waals surface area contributed by atoms with Gasteiger partial charge in [0.15, 0.2) is 0 Å². The van der Waals surface area contributed by atoms with Gasteiger partial charge in [0.05, 0.1) is 0 Å². The molecular formula is C13H12BrN. The Morgan fingerprint density at radius 3 is 2.67 bits per heavy atom. The second-order valence-electron chi connectivity index (χ2n) is 4.33. The molecule has 2 N–H and O–H groups in total. The largest absolute Gasteiger partial charge is 0.321 e. The molecule has 1 aliphatic rings. The first-order chi connectivity index (χ1) is 7.19. The highest BCUT2D eigenvalue weighted by Crippen LogP contribution is 2.43. The molecule has 3 rings (SSSR count). The number of nitrogens with two attached hydrogens (primary N) is 1. The molecule has 1 fully saturated rings. The number of halogens is 1. The molecule has 0 atom stereocenters. The standard InChI is InChI=1S/C13H12BrN/c14-12-3-1-2-9-8-10(4-5-11(9)12)13(15)6-7-13/h1-5,8H,6-7,15H2. The molecule has 0 heterocycles. The van der Waals surface area contributed by atoms with Crippen molar-refractivity contribution < 1.29 is 0 Å². The highest BCUT2D eigenvalue weighted by Gasteiger charge is 2.39. The summed E-state index contributed by atoms with van der Waals surface area (Å²) < 4.78 is 1.15. The van der Waals surface area contributed by atoms with Crippen LogP contribution in [0.3, 0.4) is 0 Å². The minimum Gasteiger partial charge on any atom is -0.321 e. The van der Waals surface area contributed by atoms with Crippen molar-refractivity contribution in [1.29, 1.82) is 0 Å². The van der Waals surface area contributed by atoms with Crippen molar-refractivity contribution in [2.45, 2.75) is 18.4 Å². The van der Waals surface area contributed by atoms with Crippen LogP contribution in [0.5, 0.6) is 0 Å². The van der Waals surface area contributed by atoms with E-state index in [0.717, 1.165) is 17.3 Å². The Labute approximate surface area is 97.4 Å². The van der Waals surface area contributed by atoms with E-state index in [4.69, 9.17) is 5.73 Å². The lowest BCUT2D eigenvalue weighted by atomic mass is 10.0. The van der Waals surface area contributed by atoms with E-state index in [1.165, 1.54) is 16.3 Å². The lowest BCUT2D eigenvalue weighted by Crippen LogP contribution is -2.18. The van der Waals surface area contributed by atoms with Crippen LogP contribution in [-0.4, -0.2) is 0 Å². The molecule has 0 aromatic heterocycles. The van der Waals surface area contributed by atoms with Gasteiger partial charge in [-0.15, -0.1) is 0 Å². The molecule has 0 spiro atoms. The summed E-state index contributed by atoms with van der Waals surface area (Å²) >= 11 is 3.56. The summed E-state index contributed by atoms with van der Waals surface area (Å²) in [7, 11) is 0. The lowest BCUT2D eigenvalue weighted by molar-refractivity contribution is 0.741. The van der Waals surface area contributed by atoms with Gasteiger partial charge in [0.2, 0.25) is 0 Å².